The zero-order valence-electron chi connectivity index (χ0n) is 12.5. The first-order valence-corrected chi connectivity index (χ1v) is 7.32. The van der Waals surface area contributed by atoms with E-state index in [0.717, 1.165) is 44.8 Å². The molecule has 1 atom stereocenters. The Morgan fingerprint density at radius 3 is 2.20 bits per heavy atom. The molecule has 1 saturated heterocycles. The van der Waals surface area contributed by atoms with Gasteiger partial charge in [0.25, 0.3) is 0 Å². The van der Waals surface area contributed by atoms with Crippen LogP contribution in [0.3, 0.4) is 0 Å². The van der Waals surface area contributed by atoms with Gasteiger partial charge in [-0.25, -0.2) is 0 Å². The Labute approximate surface area is 135 Å². The molecule has 2 fully saturated rings. The maximum absolute atomic E-state index is 11.0. The molecule has 1 saturated carbocycles. The third-order valence-corrected chi connectivity index (χ3v) is 4.67. The lowest BCUT2D eigenvalue weighted by atomic mass is 9.80. The monoisotopic (exact) mass is 325 g/mol. The van der Waals surface area contributed by atoms with Crippen LogP contribution in [0.25, 0.3) is 0 Å². The molecule has 0 aromatic rings. The zero-order valence-corrected chi connectivity index (χ0v) is 14.2. The maximum Gasteiger partial charge on any atom is 0.209 e. The van der Waals surface area contributed by atoms with Crippen molar-refractivity contribution in [1.82, 2.24) is 9.80 Å². The number of hydrogen-bond donors (Lipinski definition) is 1. The minimum Gasteiger partial charge on any atom is -0.342 e. The predicted octanol–water partition coefficient (Wildman–Crippen LogP) is 1.90. The minimum absolute atomic E-state index is 0. The molecular formula is C14H29Cl2N3O. The number of hydrogen-bond acceptors (Lipinski definition) is 3. The molecule has 120 valence electrons. The molecule has 6 heteroatoms. The number of carbonyl (C=O) groups excluding carboxylic acids is 1. The van der Waals surface area contributed by atoms with Crippen molar-refractivity contribution in [2.24, 2.45) is 11.7 Å². The van der Waals surface area contributed by atoms with Crippen molar-refractivity contribution in [2.45, 2.75) is 57.7 Å². The van der Waals surface area contributed by atoms with E-state index in [4.69, 9.17) is 5.73 Å². The van der Waals surface area contributed by atoms with Gasteiger partial charge in [-0.2, -0.15) is 0 Å². The van der Waals surface area contributed by atoms with Crippen LogP contribution in [0.15, 0.2) is 0 Å². The van der Waals surface area contributed by atoms with Crippen LogP contribution < -0.4 is 5.73 Å². The van der Waals surface area contributed by atoms with Gasteiger partial charge in [-0.1, -0.05) is 0 Å². The summed E-state index contributed by atoms with van der Waals surface area (Å²) in [6.07, 6.45) is 5.76. The summed E-state index contributed by atoms with van der Waals surface area (Å²) >= 11 is 0. The Bertz CT molecular complexity index is 284. The fourth-order valence-corrected chi connectivity index (χ4v) is 3.53. The second-order valence-corrected chi connectivity index (χ2v) is 6.17. The van der Waals surface area contributed by atoms with Gasteiger partial charge >= 0.3 is 0 Å². The molecule has 1 aliphatic carbocycles. The van der Waals surface area contributed by atoms with Crippen molar-refractivity contribution in [3.8, 4) is 0 Å². The molecular weight excluding hydrogens is 297 g/mol. The van der Waals surface area contributed by atoms with Gasteiger partial charge in [0.1, 0.15) is 0 Å². The fourth-order valence-electron chi connectivity index (χ4n) is 3.53. The van der Waals surface area contributed by atoms with E-state index in [0.29, 0.717) is 18.1 Å². The Hall–Kier alpha value is -0.0300. The first-order chi connectivity index (χ1) is 8.61. The van der Waals surface area contributed by atoms with Gasteiger partial charge in [0, 0.05) is 37.8 Å². The molecule has 0 aromatic carbocycles. The summed E-state index contributed by atoms with van der Waals surface area (Å²) in [7, 11) is 0. The lowest BCUT2D eigenvalue weighted by Gasteiger charge is -2.47. The number of rotatable bonds is 3. The predicted molar refractivity (Wildman–Crippen MR) is 87.7 cm³/mol. The van der Waals surface area contributed by atoms with Crippen LogP contribution in [0, 0.1) is 5.92 Å². The minimum atomic E-state index is 0. The average molecular weight is 326 g/mol. The average Bonchev–Trinajstić information content (AvgIpc) is 2.38. The van der Waals surface area contributed by atoms with Crippen molar-refractivity contribution in [1.29, 1.82) is 0 Å². The lowest BCUT2D eigenvalue weighted by molar-refractivity contribution is -0.122. The molecule has 4 nitrogen and oxygen atoms in total. The Morgan fingerprint density at radius 2 is 1.70 bits per heavy atom. The Balaban J connectivity index is 0.00000180. The molecule has 1 aliphatic heterocycles. The molecule has 2 rings (SSSR count). The quantitative estimate of drug-likeness (QED) is 0.806. The van der Waals surface area contributed by atoms with Crippen molar-refractivity contribution < 1.29 is 4.79 Å². The van der Waals surface area contributed by atoms with E-state index in [1.54, 1.807) is 0 Å². The van der Waals surface area contributed by atoms with Crippen LogP contribution >= 0.6 is 24.8 Å². The number of piperazine rings is 1. The van der Waals surface area contributed by atoms with Crippen LogP contribution in [-0.4, -0.2) is 54.0 Å². The highest BCUT2D eigenvalue weighted by molar-refractivity contribution is 5.85. The summed E-state index contributed by atoms with van der Waals surface area (Å²) < 4.78 is 0. The number of nitrogens with two attached hydrogens (primary N) is 1. The van der Waals surface area contributed by atoms with Gasteiger partial charge < -0.3 is 10.6 Å². The summed E-state index contributed by atoms with van der Waals surface area (Å²) in [6, 6.07) is 1.51. The zero-order chi connectivity index (χ0) is 13.1. The van der Waals surface area contributed by atoms with E-state index in [9.17, 15) is 4.79 Å². The van der Waals surface area contributed by atoms with Gasteiger partial charge in [-0.05, 0) is 45.4 Å². The topological polar surface area (TPSA) is 49.6 Å². The summed E-state index contributed by atoms with van der Waals surface area (Å²) in [5.74, 6) is 0.718. The Kier molecular flexibility index (Phi) is 9.07. The van der Waals surface area contributed by atoms with E-state index in [1.165, 1.54) is 12.8 Å². The third kappa shape index (κ3) is 4.76. The molecule has 1 heterocycles. The molecule has 0 radical (unpaired) electrons. The SMILES string of the molecule is CC(C)N1CCN(C=O)CC1C1CCC(N)CC1.Cl.Cl. The smallest absolute Gasteiger partial charge is 0.209 e. The number of carbonyl (C=O) groups is 1. The standard InChI is InChI=1S/C14H27N3O.2ClH/c1-11(2)17-8-7-16(10-18)9-14(17)12-3-5-13(15)6-4-12;;/h10-14H,3-9,15H2,1-2H3;2*1H. The van der Waals surface area contributed by atoms with E-state index >= 15 is 0 Å². The van der Waals surface area contributed by atoms with Gasteiger partial charge in [-0.15, -0.1) is 24.8 Å². The normalized spacial score (nSPS) is 31.4. The number of amides is 1. The summed E-state index contributed by atoms with van der Waals surface area (Å²) in [4.78, 5) is 15.5. The number of halogens is 2. The Morgan fingerprint density at radius 1 is 1.10 bits per heavy atom. The second-order valence-electron chi connectivity index (χ2n) is 6.17. The van der Waals surface area contributed by atoms with Crippen molar-refractivity contribution in [3.63, 3.8) is 0 Å². The third-order valence-electron chi connectivity index (χ3n) is 4.67. The van der Waals surface area contributed by atoms with Crippen molar-refractivity contribution >= 4 is 31.2 Å². The highest BCUT2D eigenvalue weighted by atomic mass is 35.5. The highest BCUT2D eigenvalue weighted by Gasteiger charge is 2.35. The maximum atomic E-state index is 11.0. The summed E-state index contributed by atoms with van der Waals surface area (Å²) in [5.41, 5.74) is 5.99. The van der Waals surface area contributed by atoms with E-state index < -0.39 is 0 Å². The highest BCUT2D eigenvalue weighted by Crippen LogP contribution is 2.31. The van der Waals surface area contributed by atoms with E-state index in [1.807, 2.05) is 4.90 Å². The molecule has 2 aliphatic rings. The van der Waals surface area contributed by atoms with Crippen LogP contribution in [0.4, 0.5) is 0 Å². The first-order valence-electron chi connectivity index (χ1n) is 7.32. The van der Waals surface area contributed by atoms with Crippen LogP contribution in [0.1, 0.15) is 39.5 Å². The van der Waals surface area contributed by atoms with Crippen LogP contribution in [0.5, 0.6) is 0 Å². The van der Waals surface area contributed by atoms with Crippen molar-refractivity contribution in [3.05, 3.63) is 0 Å². The van der Waals surface area contributed by atoms with Gasteiger partial charge in [0.05, 0.1) is 0 Å². The molecule has 20 heavy (non-hydrogen) atoms. The second kappa shape index (κ2) is 9.08. The van der Waals surface area contributed by atoms with Gasteiger partial charge in [0.2, 0.25) is 6.41 Å². The lowest BCUT2D eigenvalue weighted by Crippen LogP contribution is -2.58. The molecule has 1 amide bonds. The molecule has 0 spiro atoms. The summed E-state index contributed by atoms with van der Waals surface area (Å²) in [5, 5.41) is 0. The fraction of sp³-hybridized carbons (Fsp3) is 0.929. The van der Waals surface area contributed by atoms with Crippen molar-refractivity contribution in [2.75, 3.05) is 19.6 Å². The molecule has 1 unspecified atom stereocenters. The largest absolute Gasteiger partial charge is 0.342 e. The van der Waals surface area contributed by atoms with Gasteiger partial charge in [0.15, 0.2) is 0 Å². The van der Waals surface area contributed by atoms with E-state index in [2.05, 4.69) is 18.7 Å². The number of nitrogens with zero attached hydrogens (tertiary/aromatic N) is 2. The molecule has 0 bridgehead atoms. The molecule has 0 aromatic heterocycles. The van der Waals surface area contributed by atoms with Crippen LogP contribution in [-0.2, 0) is 4.79 Å². The molecule has 2 N–H and O–H groups in total. The first kappa shape index (κ1) is 20.0. The van der Waals surface area contributed by atoms with Crippen LogP contribution in [0.2, 0.25) is 0 Å². The van der Waals surface area contributed by atoms with E-state index in [-0.39, 0.29) is 24.8 Å². The summed E-state index contributed by atoms with van der Waals surface area (Å²) in [6.45, 7) is 7.33. The van der Waals surface area contributed by atoms with Gasteiger partial charge in [-0.3, -0.25) is 9.69 Å².